The van der Waals surface area contributed by atoms with Crippen LogP contribution >= 0.6 is 0 Å². The molecule has 0 bridgehead atoms. The van der Waals surface area contributed by atoms with Crippen molar-refractivity contribution in [3.8, 4) is 0 Å². The molecule has 2 aliphatic carbocycles. The molecule has 0 amide bonds. The summed E-state index contributed by atoms with van der Waals surface area (Å²) < 4.78 is 0. The fourth-order valence-corrected chi connectivity index (χ4v) is 0.786. The predicted octanol–water partition coefficient (Wildman–Crippen LogP) is 6.47. The third-order valence-electron chi connectivity index (χ3n) is 1.31. The van der Waals surface area contributed by atoms with Gasteiger partial charge in [-0.1, -0.05) is 96.6 Å². The Labute approximate surface area is 110 Å². The van der Waals surface area contributed by atoms with Gasteiger partial charge in [0.05, 0.1) is 0 Å². The van der Waals surface area contributed by atoms with E-state index in [1.165, 1.54) is 12.8 Å². The summed E-state index contributed by atoms with van der Waals surface area (Å²) in [6, 6.07) is 0. The summed E-state index contributed by atoms with van der Waals surface area (Å²) in [6.07, 6.45) is 21.5. The van der Waals surface area contributed by atoms with E-state index in [9.17, 15) is 0 Å². The summed E-state index contributed by atoms with van der Waals surface area (Å²) in [7, 11) is 0. The van der Waals surface area contributed by atoms with E-state index >= 15 is 0 Å². The van der Waals surface area contributed by atoms with Gasteiger partial charge in [-0.25, -0.2) is 0 Å². The minimum absolute atomic E-state index is 0. The third-order valence-corrected chi connectivity index (χ3v) is 1.31. The molecule has 0 heterocycles. The van der Waals surface area contributed by atoms with E-state index in [-0.39, 0.29) is 7.43 Å². The van der Waals surface area contributed by atoms with Gasteiger partial charge in [-0.2, -0.15) is 0 Å². The van der Waals surface area contributed by atoms with Crippen molar-refractivity contribution in [2.24, 2.45) is 0 Å². The monoisotopic (exact) mass is 236 g/mol. The van der Waals surface area contributed by atoms with Crippen LogP contribution in [0, 0.1) is 0 Å². The molecule has 0 N–H and O–H groups in total. The molecule has 0 atom stereocenters. The summed E-state index contributed by atoms with van der Waals surface area (Å²) in [5, 5.41) is 0. The first-order valence-electron chi connectivity index (χ1n) is 6.46. The van der Waals surface area contributed by atoms with Gasteiger partial charge in [0.1, 0.15) is 0 Å². The molecular formula is C17H32. The van der Waals surface area contributed by atoms with Crippen LogP contribution in [-0.2, 0) is 0 Å². The zero-order valence-corrected chi connectivity index (χ0v) is 11.4. The third kappa shape index (κ3) is 31.3. The molecule has 0 heteroatoms. The smallest absolute Gasteiger partial charge is 0.0163 e. The van der Waals surface area contributed by atoms with E-state index < -0.39 is 0 Å². The highest BCUT2D eigenvalue weighted by atomic mass is 13.8. The van der Waals surface area contributed by atoms with Crippen molar-refractivity contribution in [3.63, 3.8) is 0 Å². The molecule has 0 aromatic rings. The van der Waals surface area contributed by atoms with Crippen LogP contribution in [0.3, 0.4) is 0 Å². The Morgan fingerprint density at radius 2 is 0.765 bits per heavy atom. The van der Waals surface area contributed by atoms with Crippen LogP contribution in [0.2, 0.25) is 0 Å². The molecular weight excluding hydrogens is 204 g/mol. The minimum atomic E-state index is 0. The van der Waals surface area contributed by atoms with Crippen LogP contribution in [-0.4, -0.2) is 0 Å². The van der Waals surface area contributed by atoms with Crippen molar-refractivity contribution in [1.82, 2.24) is 0 Å². The highest BCUT2D eigenvalue weighted by Gasteiger charge is 1.72. The summed E-state index contributed by atoms with van der Waals surface area (Å²) in [4.78, 5) is 0. The quantitative estimate of drug-likeness (QED) is 0.452. The van der Waals surface area contributed by atoms with Crippen molar-refractivity contribution in [3.05, 3.63) is 48.6 Å². The summed E-state index contributed by atoms with van der Waals surface area (Å²) in [5.41, 5.74) is 0. The lowest BCUT2D eigenvalue weighted by molar-refractivity contribution is 1.09. The van der Waals surface area contributed by atoms with E-state index in [0.29, 0.717) is 0 Å². The van der Waals surface area contributed by atoms with Crippen LogP contribution in [0.25, 0.3) is 0 Å². The molecule has 2 aliphatic rings. The first-order chi connectivity index (χ1) is 7.83. The SMILES string of the molecule is C.C1=CCC=C1.C1=CCC=C1.CCC.CCC. The van der Waals surface area contributed by atoms with Gasteiger partial charge in [0, 0.05) is 0 Å². The van der Waals surface area contributed by atoms with E-state index in [4.69, 9.17) is 0 Å². The molecule has 0 nitrogen and oxygen atoms in total. The Hall–Kier alpha value is -1.04. The first-order valence-corrected chi connectivity index (χ1v) is 6.46. The Kier molecular flexibility index (Phi) is 30.4. The van der Waals surface area contributed by atoms with Crippen LogP contribution in [0.15, 0.2) is 48.6 Å². The van der Waals surface area contributed by atoms with Gasteiger partial charge in [0.2, 0.25) is 0 Å². The van der Waals surface area contributed by atoms with Gasteiger partial charge in [-0.3, -0.25) is 0 Å². The number of hydrogen-bond donors (Lipinski definition) is 0. The first kappa shape index (κ1) is 21.3. The van der Waals surface area contributed by atoms with Crippen molar-refractivity contribution in [1.29, 1.82) is 0 Å². The lowest BCUT2D eigenvalue weighted by Crippen LogP contribution is -1.37. The number of rotatable bonds is 0. The normalized spacial score (nSPS) is 12.5. The molecule has 17 heavy (non-hydrogen) atoms. The summed E-state index contributed by atoms with van der Waals surface area (Å²) in [5.74, 6) is 0. The van der Waals surface area contributed by atoms with E-state index in [1.807, 2.05) is 0 Å². The van der Waals surface area contributed by atoms with Crippen LogP contribution in [0.4, 0.5) is 0 Å². The average Bonchev–Trinajstić information content (AvgIpc) is 3.00. The molecule has 0 aromatic carbocycles. The van der Waals surface area contributed by atoms with Gasteiger partial charge in [-0.15, -0.1) is 0 Å². The highest BCUT2D eigenvalue weighted by molar-refractivity contribution is 5.12. The van der Waals surface area contributed by atoms with Gasteiger partial charge < -0.3 is 0 Å². The van der Waals surface area contributed by atoms with Gasteiger partial charge in [-0.05, 0) is 12.8 Å². The molecule has 100 valence electrons. The van der Waals surface area contributed by atoms with Crippen LogP contribution in [0.1, 0.15) is 60.8 Å². The fourth-order valence-electron chi connectivity index (χ4n) is 0.786. The predicted molar refractivity (Wildman–Crippen MR) is 84.5 cm³/mol. The number of hydrogen-bond acceptors (Lipinski definition) is 0. The average molecular weight is 236 g/mol. The molecule has 0 radical (unpaired) electrons. The lowest BCUT2D eigenvalue weighted by Gasteiger charge is -1.57. The molecule has 2 rings (SSSR count). The molecule has 0 spiro atoms. The molecule has 0 aliphatic heterocycles. The van der Waals surface area contributed by atoms with E-state index in [2.05, 4.69) is 76.3 Å². The Balaban J connectivity index is -0.000000157. The van der Waals surface area contributed by atoms with E-state index in [0.717, 1.165) is 12.8 Å². The number of allylic oxidation sites excluding steroid dienone is 8. The van der Waals surface area contributed by atoms with Crippen LogP contribution < -0.4 is 0 Å². The van der Waals surface area contributed by atoms with Gasteiger partial charge in [0.25, 0.3) is 0 Å². The Morgan fingerprint density at radius 3 is 0.824 bits per heavy atom. The zero-order chi connectivity index (χ0) is 12.5. The Morgan fingerprint density at radius 1 is 0.588 bits per heavy atom. The lowest BCUT2D eigenvalue weighted by atomic mass is 10.5. The largest absolute Gasteiger partial charge is 0.0808 e. The molecule has 0 fully saturated rings. The molecule has 0 aromatic heterocycles. The molecule has 0 unspecified atom stereocenters. The summed E-state index contributed by atoms with van der Waals surface area (Å²) >= 11 is 0. The Bertz CT molecular complexity index is 160. The fraction of sp³-hybridized carbons (Fsp3) is 0.529. The maximum Gasteiger partial charge on any atom is -0.0163 e. The molecule has 0 saturated heterocycles. The second kappa shape index (κ2) is 24.3. The van der Waals surface area contributed by atoms with Crippen molar-refractivity contribution in [2.45, 2.75) is 60.8 Å². The van der Waals surface area contributed by atoms with Gasteiger partial charge >= 0.3 is 0 Å². The topological polar surface area (TPSA) is 0 Å². The van der Waals surface area contributed by atoms with Crippen LogP contribution in [0.5, 0.6) is 0 Å². The minimum Gasteiger partial charge on any atom is -0.0808 e. The second-order valence-electron chi connectivity index (χ2n) is 3.60. The zero-order valence-electron chi connectivity index (χ0n) is 11.4. The maximum absolute atomic E-state index is 2.12. The maximum atomic E-state index is 2.12. The van der Waals surface area contributed by atoms with Crippen molar-refractivity contribution < 1.29 is 0 Å². The molecule has 0 saturated carbocycles. The van der Waals surface area contributed by atoms with Gasteiger partial charge in [0.15, 0.2) is 0 Å². The summed E-state index contributed by atoms with van der Waals surface area (Å²) in [6.45, 7) is 8.50. The van der Waals surface area contributed by atoms with Crippen molar-refractivity contribution in [2.75, 3.05) is 0 Å². The van der Waals surface area contributed by atoms with Crippen molar-refractivity contribution >= 4 is 0 Å². The van der Waals surface area contributed by atoms with E-state index in [1.54, 1.807) is 0 Å². The standard InChI is InChI=1S/2C5H6.2C3H8.CH4/c2*1-2-4-5-3-1;2*1-3-2;/h2*1-4H,5H2;2*3H2,1-2H3;1H4. The highest BCUT2D eigenvalue weighted by Crippen LogP contribution is 1.93. The second-order valence-corrected chi connectivity index (χ2v) is 3.60.